The molecule has 1 heterocycles. The largest absolute Gasteiger partial charge is 0.497 e. The standard InChI is InChI=1S/C13H14N4O2/c1-19-10-4-2-3-9(7-10)14-13(18)12-15-11(16-17-12)8-5-6-8/h2-4,7-8H,5-6H2,1H3,(H,14,18)(H,15,16,17). The molecule has 2 N–H and O–H groups in total. The number of aromatic amines is 1. The third kappa shape index (κ3) is 2.57. The first kappa shape index (κ1) is 11.7. The van der Waals surface area contributed by atoms with Crippen molar-refractivity contribution in [3.63, 3.8) is 0 Å². The van der Waals surface area contributed by atoms with Crippen LogP contribution in [0.4, 0.5) is 5.69 Å². The molecule has 1 aromatic heterocycles. The van der Waals surface area contributed by atoms with Crippen LogP contribution >= 0.6 is 0 Å². The van der Waals surface area contributed by atoms with Crippen molar-refractivity contribution in [2.45, 2.75) is 18.8 Å². The number of anilines is 1. The first-order valence-electron chi connectivity index (χ1n) is 6.14. The Morgan fingerprint density at radius 3 is 3.05 bits per heavy atom. The number of nitrogens with one attached hydrogen (secondary N) is 2. The second kappa shape index (κ2) is 4.72. The van der Waals surface area contributed by atoms with E-state index in [1.54, 1.807) is 19.2 Å². The summed E-state index contributed by atoms with van der Waals surface area (Å²) in [6.07, 6.45) is 2.23. The van der Waals surface area contributed by atoms with Crippen molar-refractivity contribution in [1.82, 2.24) is 15.2 Å². The van der Waals surface area contributed by atoms with E-state index in [4.69, 9.17) is 4.74 Å². The fourth-order valence-corrected chi connectivity index (χ4v) is 1.80. The molecule has 0 bridgehead atoms. The molecule has 19 heavy (non-hydrogen) atoms. The quantitative estimate of drug-likeness (QED) is 0.878. The van der Waals surface area contributed by atoms with E-state index in [0.717, 1.165) is 18.7 Å². The number of methoxy groups -OCH3 is 1. The number of nitrogens with zero attached hydrogens (tertiary/aromatic N) is 2. The summed E-state index contributed by atoms with van der Waals surface area (Å²) in [5.74, 6) is 1.79. The monoisotopic (exact) mass is 258 g/mol. The molecule has 1 aliphatic carbocycles. The van der Waals surface area contributed by atoms with E-state index in [2.05, 4.69) is 20.5 Å². The molecule has 1 aromatic carbocycles. The van der Waals surface area contributed by atoms with Crippen LogP contribution < -0.4 is 10.1 Å². The van der Waals surface area contributed by atoms with Gasteiger partial charge in [0.1, 0.15) is 11.6 Å². The maximum Gasteiger partial charge on any atom is 0.295 e. The summed E-state index contributed by atoms with van der Waals surface area (Å²) < 4.78 is 5.10. The van der Waals surface area contributed by atoms with Crippen molar-refractivity contribution in [1.29, 1.82) is 0 Å². The van der Waals surface area contributed by atoms with Gasteiger partial charge >= 0.3 is 0 Å². The zero-order valence-electron chi connectivity index (χ0n) is 10.5. The lowest BCUT2D eigenvalue weighted by atomic mass is 10.3. The number of rotatable bonds is 4. The lowest BCUT2D eigenvalue weighted by Crippen LogP contribution is -2.13. The van der Waals surface area contributed by atoms with Crippen LogP contribution in [0.3, 0.4) is 0 Å². The molecule has 0 atom stereocenters. The van der Waals surface area contributed by atoms with Crippen LogP contribution in [-0.4, -0.2) is 28.2 Å². The minimum Gasteiger partial charge on any atom is -0.497 e. The third-order valence-electron chi connectivity index (χ3n) is 3.00. The van der Waals surface area contributed by atoms with Crippen molar-refractivity contribution in [3.05, 3.63) is 35.9 Å². The molecule has 98 valence electrons. The Morgan fingerprint density at radius 1 is 1.47 bits per heavy atom. The third-order valence-corrected chi connectivity index (χ3v) is 3.00. The fourth-order valence-electron chi connectivity index (χ4n) is 1.80. The van der Waals surface area contributed by atoms with Crippen LogP contribution in [-0.2, 0) is 0 Å². The molecule has 0 aliphatic heterocycles. The van der Waals surface area contributed by atoms with E-state index in [1.165, 1.54) is 0 Å². The Kier molecular flexibility index (Phi) is 2.91. The number of amides is 1. The summed E-state index contributed by atoms with van der Waals surface area (Å²) in [5, 5.41) is 9.49. The van der Waals surface area contributed by atoms with Crippen LogP contribution in [0.15, 0.2) is 24.3 Å². The molecule has 1 fully saturated rings. The second-order valence-corrected chi connectivity index (χ2v) is 4.50. The highest BCUT2D eigenvalue weighted by Crippen LogP contribution is 2.37. The molecule has 3 rings (SSSR count). The van der Waals surface area contributed by atoms with Crippen LogP contribution in [0.2, 0.25) is 0 Å². The number of H-pyrrole nitrogens is 1. The number of hydrogen-bond acceptors (Lipinski definition) is 4. The van der Waals surface area contributed by atoms with E-state index in [9.17, 15) is 4.79 Å². The highest BCUT2D eigenvalue weighted by atomic mass is 16.5. The average molecular weight is 258 g/mol. The first-order chi connectivity index (χ1) is 9.26. The van der Waals surface area contributed by atoms with Gasteiger partial charge in [-0.3, -0.25) is 9.89 Å². The van der Waals surface area contributed by atoms with Crippen molar-refractivity contribution >= 4 is 11.6 Å². The summed E-state index contributed by atoms with van der Waals surface area (Å²) in [7, 11) is 1.58. The number of carbonyl (C=O) groups is 1. The van der Waals surface area contributed by atoms with Gasteiger partial charge in [0.05, 0.1) is 7.11 Å². The SMILES string of the molecule is COc1cccc(NC(=O)c2n[nH]c(C3CC3)n2)c1. The summed E-state index contributed by atoms with van der Waals surface area (Å²) in [5.41, 5.74) is 0.655. The lowest BCUT2D eigenvalue weighted by molar-refractivity contribution is 0.101. The minimum atomic E-state index is -0.323. The normalized spacial score (nSPS) is 14.2. The zero-order valence-corrected chi connectivity index (χ0v) is 10.5. The highest BCUT2D eigenvalue weighted by molar-refractivity contribution is 6.01. The molecular weight excluding hydrogens is 244 g/mol. The van der Waals surface area contributed by atoms with Crippen LogP contribution in [0.1, 0.15) is 35.2 Å². The summed E-state index contributed by atoms with van der Waals surface area (Å²) in [4.78, 5) is 16.2. The molecule has 0 radical (unpaired) electrons. The van der Waals surface area contributed by atoms with E-state index in [1.807, 2.05) is 12.1 Å². The predicted octanol–water partition coefficient (Wildman–Crippen LogP) is 1.94. The highest BCUT2D eigenvalue weighted by Gasteiger charge is 2.28. The van der Waals surface area contributed by atoms with Gasteiger partial charge in [0.2, 0.25) is 5.82 Å². The number of carbonyl (C=O) groups excluding carboxylic acids is 1. The Hall–Kier alpha value is -2.37. The summed E-state index contributed by atoms with van der Waals surface area (Å²) in [6, 6.07) is 7.15. The van der Waals surface area contributed by atoms with E-state index in [-0.39, 0.29) is 11.7 Å². The van der Waals surface area contributed by atoms with E-state index < -0.39 is 0 Å². The Bertz CT molecular complexity index is 604. The molecule has 0 spiro atoms. The summed E-state index contributed by atoms with van der Waals surface area (Å²) >= 11 is 0. The number of ether oxygens (including phenoxy) is 1. The molecule has 1 aliphatic rings. The van der Waals surface area contributed by atoms with Crippen molar-refractivity contribution < 1.29 is 9.53 Å². The molecule has 2 aromatic rings. The second-order valence-electron chi connectivity index (χ2n) is 4.50. The fraction of sp³-hybridized carbons (Fsp3) is 0.308. The van der Waals surface area contributed by atoms with Gasteiger partial charge in [0.25, 0.3) is 5.91 Å². The van der Waals surface area contributed by atoms with E-state index >= 15 is 0 Å². The van der Waals surface area contributed by atoms with Gasteiger partial charge in [0, 0.05) is 17.7 Å². The Balaban J connectivity index is 1.72. The number of benzene rings is 1. The van der Waals surface area contributed by atoms with Gasteiger partial charge < -0.3 is 10.1 Å². The van der Waals surface area contributed by atoms with Gasteiger partial charge in [0.15, 0.2) is 0 Å². The van der Waals surface area contributed by atoms with Gasteiger partial charge in [-0.05, 0) is 25.0 Å². The molecule has 1 amide bonds. The molecule has 0 saturated heterocycles. The van der Waals surface area contributed by atoms with Crippen molar-refractivity contribution in [3.8, 4) is 5.75 Å². The zero-order chi connectivity index (χ0) is 13.2. The van der Waals surface area contributed by atoms with Gasteiger partial charge in [-0.2, -0.15) is 0 Å². The lowest BCUT2D eigenvalue weighted by Gasteiger charge is -2.04. The topological polar surface area (TPSA) is 79.9 Å². The molecule has 0 unspecified atom stereocenters. The van der Waals surface area contributed by atoms with Crippen LogP contribution in [0.25, 0.3) is 0 Å². The Labute approximate surface area is 110 Å². The van der Waals surface area contributed by atoms with E-state index in [0.29, 0.717) is 17.4 Å². The smallest absolute Gasteiger partial charge is 0.295 e. The Morgan fingerprint density at radius 2 is 2.32 bits per heavy atom. The molecule has 6 nitrogen and oxygen atoms in total. The van der Waals surface area contributed by atoms with Crippen LogP contribution in [0, 0.1) is 0 Å². The first-order valence-corrected chi connectivity index (χ1v) is 6.14. The van der Waals surface area contributed by atoms with Gasteiger partial charge in [-0.15, -0.1) is 5.10 Å². The predicted molar refractivity (Wildman–Crippen MR) is 69.3 cm³/mol. The van der Waals surface area contributed by atoms with Crippen molar-refractivity contribution in [2.24, 2.45) is 0 Å². The summed E-state index contributed by atoms with van der Waals surface area (Å²) in [6.45, 7) is 0. The van der Waals surface area contributed by atoms with Crippen LogP contribution in [0.5, 0.6) is 5.75 Å². The minimum absolute atomic E-state index is 0.171. The number of hydrogen-bond donors (Lipinski definition) is 2. The van der Waals surface area contributed by atoms with Gasteiger partial charge in [-0.25, -0.2) is 4.98 Å². The molecule has 6 heteroatoms. The maximum atomic E-state index is 12.0. The molecule has 1 saturated carbocycles. The number of aromatic nitrogens is 3. The maximum absolute atomic E-state index is 12.0. The van der Waals surface area contributed by atoms with Gasteiger partial charge in [-0.1, -0.05) is 6.07 Å². The van der Waals surface area contributed by atoms with Crippen molar-refractivity contribution in [2.75, 3.05) is 12.4 Å². The molecular formula is C13H14N4O2. The average Bonchev–Trinajstić information content (AvgIpc) is 3.16.